The number of aryl methyl sites for hydroxylation is 1. The van der Waals surface area contributed by atoms with Gasteiger partial charge in [-0.25, -0.2) is 14.8 Å². The zero-order chi connectivity index (χ0) is 12.3. The number of nitrogens with zero attached hydrogens (tertiary/aromatic N) is 2. The summed E-state index contributed by atoms with van der Waals surface area (Å²) >= 11 is 0. The summed E-state index contributed by atoms with van der Waals surface area (Å²) in [6, 6.07) is 6.24. The number of aromatic carboxylic acids is 1. The van der Waals surface area contributed by atoms with Gasteiger partial charge in [-0.3, -0.25) is 0 Å². The van der Waals surface area contributed by atoms with Gasteiger partial charge in [-0.1, -0.05) is 6.07 Å². The third kappa shape index (κ3) is 2.78. The maximum Gasteiger partial charge on any atom is 0.335 e. The van der Waals surface area contributed by atoms with Gasteiger partial charge in [-0.15, -0.1) is 0 Å². The van der Waals surface area contributed by atoms with Crippen molar-refractivity contribution in [3.05, 3.63) is 48.0 Å². The zero-order valence-corrected chi connectivity index (χ0v) is 9.12. The molecule has 0 radical (unpaired) electrons. The lowest BCUT2D eigenvalue weighted by Gasteiger charge is -2.05. The van der Waals surface area contributed by atoms with Gasteiger partial charge in [0.25, 0.3) is 0 Å². The number of benzene rings is 1. The number of carboxylic acids is 1. The van der Waals surface area contributed by atoms with Crippen LogP contribution in [0.3, 0.4) is 0 Å². The van der Waals surface area contributed by atoms with Gasteiger partial charge in [0.2, 0.25) is 0 Å². The second kappa shape index (κ2) is 4.61. The molecule has 0 spiro atoms. The van der Waals surface area contributed by atoms with Crippen LogP contribution >= 0.6 is 0 Å². The zero-order valence-electron chi connectivity index (χ0n) is 9.12. The second-order valence-electron chi connectivity index (χ2n) is 3.40. The predicted molar refractivity (Wildman–Crippen MR) is 60.2 cm³/mol. The van der Waals surface area contributed by atoms with Crippen LogP contribution in [0.2, 0.25) is 0 Å². The van der Waals surface area contributed by atoms with E-state index in [1.807, 2.05) is 0 Å². The standard InChI is InChI=1S/C12H10N2O3/c1-8-13-6-11(7-14-8)17-10-4-2-3-9(5-10)12(15)16/h2-7H,1H3,(H,15,16). The molecule has 0 atom stereocenters. The highest BCUT2D eigenvalue weighted by molar-refractivity contribution is 5.88. The molecule has 0 saturated carbocycles. The van der Waals surface area contributed by atoms with Crippen LogP contribution in [0.4, 0.5) is 0 Å². The predicted octanol–water partition coefficient (Wildman–Crippen LogP) is 2.28. The number of carbonyl (C=O) groups is 1. The van der Waals surface area contributed by atoms with E-state index in [1.54, 1.807) is 19.1 Å². The molecule has 0 bridgehead atoms. The summed E-state index contributed by atoms with van der Waals surface area (Å²) in [6.07, 6.45) is 3.07. The average molecular weight is 230 g/mol. The summed E-state index contributed by atoms with van der Waals surface area (Å²) in [5, 5.41) is 8.83. The van der Waals surface area contributed by atoms with Crippen LogP contribution in [0.1, 0.15) is 16.2 Å². The van der Waals surface area contributed by atoms with Crippen molar-refractivity contribution in [3.63, 3.8) is 0 Å². The Morgan fingerprint density at radius 2 is 1.94 bits per heavy atom. The SMILES string of the molecule is Cc1ncc(Oc2cccc(C(=O)O)c2)cn1. The number of carboxylic acid groups (broad SMARTS) is 1. The van der Waals surface area contributed by atoms with Gasteiger partial charge in [0, 0.05) is 0 Å². The van der Waals surface area contributed by atoms with Crippen LogP contribution in [0.5, 0.6) is 11.5 Å². The van der Waals surface area contributed by atoms with Crippen molar-refractivity contribution in [3.8, 4) is 11.5 Å². The highest BCUT2D eigenvalue weighted by atomic mass is 16.5. The van der Waals surface area contributed by atoms with Gasteiger partial charge in [-0.05, 0) is 25.1 Å². The molecule has 0 saturated heterocycles. The van der Waals surface area contributed by atoms with E-state index in [1.165, 1.54) is 24.5 Å². The van der Waals surface area contributed by atoms with Crippen molar-refractivity contribution in [2.75, 3.05) is 0 Å². The first-order chi connectivity index (χ1) is 8.15. The van der Waals surface area contributed by atoms with Crippen molar-refractivity contribution in [2.45, 2.75) is 6.92 Å². The van der Waals surface area contributed by atoms with Crippen molar-refractivity contribution < 1.29 is 14.6 Å². The first-order valence-corrected chi connectivity index (χ1v) is 4.95. The lowest BCUT2D eigenvalue weighted by molar-refractivity contribution is 0.0696. The number of rotatable bonds is 3. The summed E-state index contributed by atoms with van der Waals surface area (Å²) in [5.74, 6) is 0.572. The van der Waals surface area contributed by atoms with Gasteiger partial charge in [0.15, 0.2) is 5.75 Å². The molecule has 1 heterocycles. The molecule has 5 nitrogen and oxygen atoms in total. The Morgan fingerprint density at radius 3 is 2.59 bits per heavy atom. The van der Waals surface area contributed by atoms with Crippen LogP contribution in [0.15, 0.2) is 36.7 Å². The fourth-order valence-electron chi connectivity index (χ4n) is 1.26. The average Bonchev–Trinajstić information content (AvgIpc) is 2.32. The molecule has 2 aromatic rings. The lowest BCUT2D eigenvalue weighted by atomic mass is 10.2. The van der Waals surface area contributed by atoms with Gasteiger partial charge < -0.3 is 9.84 Å². The van der Waals surface area contributed by atoms with Gasteiger partial charge in [-0.2, -0.15) is 0 Å². The topological polar surface area (TPSA) is 72.3 Å². The normalized spacial score (nSPS) is 9.94. The molecule has 0 fully saturated rings. The molecule has 17 heavy (non-hydrogen) atoms. The molecule has 1 aromatic carbocycles. The summed E-state index contributed by atoms with van der Waals surface area (Å²) in [5.41, 5.74) is 0.176. The molecular weight excluding hydrogens is 220 g/mol. The number of hydrogen-bond acceptors (Lipinski definition) is 4. The number of ether oxygens (including phenoxy) is 1. The van der Waals surface area contributed by atoms with Crippen LogP contribution in [0.25, 0.3) is 0 Å². The van der Waals surface area contributed by atoms with Crippen LogP contribution in [-0.4, -0.2) is 21.0 Å². The maximum atomic E-state index is 10.8. The van der Waals surface area contributed by atoms with Crippen LogP contribution in [-0.2, 0) is 0 Å². The molecule has 0 aliphatic carbocycles. The first kappa shape index (κ1) is 11.1. The molecule has 5 heteroatoms. The third-order valence-corrected chi connectivity index (χ3v) is 2.07. The van der Waals surface area contributed by atoms with Crippen LogP contribution in [0, 0.1) is 6.92 Å². The van der Waals surface area contributed by atoms with Crippen molar-refractivity contribution >= 4 is 5.97 Å². The smallest absolute Gasteiger partial charge is 0.335 e. The van der Waals surface area contributed by atoms with E-state index >= 15 is 0 Å². The Bertz CT molecular complexity index is 538. The summed E-state index contributed by atoms with van der Waals surface area (Å²) in [6.45, 7) is 1.77. The summed E-state index contributed by atoms with van der Waals surface area (Å²) in [7, 11) is 0. The molecule has 1 N–H and O–H groups in total. The molecule has 1 aromatic heterocycles. The highest BCUT2D eigenvalue weighted by Crippen LogP contribution is 2.20. The number of aromatic nitrogens is 2. The third-order valence-electron chi connectivity index (χ3n) is 2.07. The van der Waals surface area contributed by atoms with Gasteiger partial charge in [0.1, 0.15) is 11.6 Å². The van der Waals surface area contributed by atoms with E-state index in [0.717, 1.165) is 0 Å². The quantitative estimate of drug-likeness (QED) is 0.875. The minimum Gasteiger partial charge on any atom is -0.478 e. The van der Waals surface area contributed by atoms with E-state index in [-0.39, 0.29) is 5.56 Å². The molecule has 2 rings (SSSR count). The van der Waals surface area contributed by atoms with E-state index < -0.39 is 5.97 Å². The highest BCUT2D eigenvalue weighted by Gasteiger charge is 2.04. The summed E-state index contributed by atoms with van der Waals surface area (Å²) in [4.78, 5) is 18.7. The van der Waals surface area contributed by atoms with E-state index in [0.29, 0.717) is 17.3 Å². The first-order valence-electron chi connectivity index (χ1n) is 4.95. The molecular formula is C12H10N2O3. The molecule has 0 amide bonds. The molecule has 86 valence electrons. The largest absolute Gasteiger partial charge is 0.478 e. The molecule has 0 unspecified atom stereocenters. The molecule has 0 aliphatic rings. The van der Waals surface area contributed by atoms with Gasteiger partial charge >= 0.3 is 5.97 Å². The minimum absolute atomic E-state index is 0.176. The van der Waals surface area contributed by atoms with Crippen LogP contribution < -0.4 is 4.74 Å². The maximum absolute atomic E-state index is 10.8. The Hall–Kier alpha value is -2.43. The minimum atomic E-state index is -0.990. The monoisotopic (exact) mass is 230 g/mol. The summed E-state index contributed by atoms with van der Waals surface area (Å²) < 4.78 is 5.44. The Kier molecular flexibility index (Phi) is 3.00. The van der Waals surface area contributed by atoms with Crippen molar-refractivity contribution in [1.82, 2.24) is 9.97 Å². The fraction of sp³-hybridized carbons (Fsp3) is 0.0833. The lowest BCUT2D eigenvalue weighted by Crippen LogP contribution is -1.96. The van der Waals surface area contributed by atoms with Crippen molar-refractivity contribution in [2.24, 2.45) is 0 Å². The van der Waals surface area contributed by atoms with Gasteiger partial charge in [0.05, 0.1) is 18.0 Å². The number of hydrogen-bond donors (Lipinski definition) is 1. The van der Waals surface area contributed by atoms with E-state index in [2.05, 4.69) is 9.97 Å². The fourth-order valence-corrected chi connectivity index (χ4v) is 1.26. The van der Waals surface area contributed by atoms with E-state index in [9.17, 15) is 4.79 Å². The Morgan fingerprint density at radius 1 is 1.24 bits per heavy atom. The Balaban J connectivity index is 2.21. The Labute approximate surface area is 97.7 Å². The second-order valence-corrected chi connectivity index (χ2v) is 3.40. The molecule has 0 aliphatic heterocycles. The van der Waals surface area contributed by atoms with E-state index in [4.69, 9.17) is 9.84 Å². The van der Waals surface area contributed by atoms with Crippen molar-refractivity contribution in [1.29, 1.82) is 0 Å².